The van der Waals surface area contributed by atoms with E-state index in [1.165, 1.54) is 44.1 Å². The zero-order chi connectivity index (χ0) is 24.0. The summed E-state index contributed by atoms with van der Waals surface area (Å²) in [5.74, 6) is 3.90. The van der Waals surface area contributed by atoms with E-state index in [1.54, 1.807) is 5.57 Å². The summed E-state index contributed by atoms with van der Waals surface area (Å²) in [4.78, 5) is 18.2. The number of nitrogens with two attached hydrogens (primary N) is 2. The lowest BCUT2D eigenvalue weighted by molar-refractivity contribution is -0.134. The van der Waals surface area contributed by atoms with Gasteiger partial charge in [-0.15, -0.1) is 0 Å². The quantitative estimate of drug-likeness (QED) is 0.275. The van der Waals surface area contributed by atoms with Crippen LogP contribution in [0.25, 0.3) is 0 Å². The number of guanidine groups is 1. The van der Waals surface area contributed by atoms with Gasteiger partial charge in [0.05, 0.1) is 6.04 Å². The van der Waals surface area contributed by atoms with E-state index in [2.05, 4.69) is 11.9 Å². The van der Waals surface area contributed by atoms with Crippen molar-refractivity contribution in [2.45, 2.75) is 96.4 Å². The van der Waals surface area contributed by atoms with Crippen LogP contribution in [0.4, 0.5) is 0 Å². The van der Waals surface area contributed by atoms with Gasteiger partial charge in [-0.3, -0.25) is 4.79 Å². The second kappa shape index (κ2) is 9.66. The van der Waals surface area contributed by atoms with E-state index in [0.717, 1.165) is 56.5 Å². The van der Waals surface area contributed by atoms with Crippen LogP contribution in [0.1, 0.15) is 90.4 Å². The SMILES string of the molecule is CC12CCSSCC(N=C(N)N)CCCC3=C4CC1CC1(CCCC1)C(CCCO)C42CC3=O. The van der Waals surface area contributed by atoms with Crippen molar-refractivity contribution in [3.63, 3.8) is 0 Å². The zero-order valence-corrected chi connectivity index (χ0v) is 22.5. The van der Waals surface area contributed by atoms with Gasteiger partial charge in [0.15, 0.2) is 11.7 Å². The third-order valence-corrected chi connectivity index (χ3v) is 13.1. The van der Waals surface area contributed by atoms with Crippen molar-refractivity contribution < 1.29 is 9.90 Å². The number of carbonyl (C=O) groups excluding carboxylic acids is 1. The predicted molar refractivity (Wildman–Crippen MR) is 144 cm³/mol. The number of ketones is 1. The number of nitrogens with zero attached hydrogens (tertiary/aromatic N) is 1. The van der Waals surface area contributed by atoms with Crippen LogP contribution in [0.3, 0.4) is 0 Å². The van der Waals surface area contributed by atoms with Crippen LogP contribution < -0.4 is 11.5 Å². The summed E-state index contributed by atoms with van der Waals surface area (Å²) in [6.07, 6.45) is 14.5. The fourth-order valence-corrected chi connectivity index (χ4v) is 11.8. The van der Waals surface area contributed by atoms with Gasteiger partial charge in [0.1, 0.15) is 0 Å². The van der Waals surface area contributed by atoms with Crippen LogP contribution in [0.15, 0.2) is 16.1 Å². The molecule has 7 heteroatoms. The molecule has 0 amide bonds. The molecule has 5 atom stereocenters. The molecule has 190 valence electrons. The highest BCUT2D eigenvalue weighted by atomic mass is 33.1. The van der Waals surface area contributed by atoms with Crippen molar-refractivity contribution >= 4 is 33.3 Å². The van der Waals surface area contributed by atoms with E-state index in [1.807, 2.05) is 21.6 Å². The highest BCUT2D eigenvalue weighted by Gasteiger charge is 2.72. The van der Waals surface area contributed by atoms with Crippen LogP contribution in [0.2, 0.25) is 0 Å². The van der Waals surface area contributed by atoms with E-state index >= 15 is 0 Å². The first-order valence-corrected chi connectivity index (χ1v) is 16.0. The lowest BCUT2D eigenvalue weighted by Gasteiger charge is -2.61. The van der Waals surface area contributed by atoms with E-state index in [4.69, 9.17) is 11.5 Å². The van der Waals surface area contributed by atoms with E-state index in [0.29, 0.717) is 23.0 Å². The summed E-state index contributed by atoms with van der Waals surface area (Å²) in [6.45, 7) is 2.82. The molecule has 0 aromatic heterocycles. The zero-order valence-electron chi connectivity index (χ0n) is 20.8. The third kappa shape index (κ3) is 3.87. The molecule has 5 aliphatic rings. The number of aliphatic hydroxyl groups excluding tert-OH is 1. The van der Waals surface area contributed by atoms with Crippen LogP contribution in [0.5, 0.6) is 0 Å². The van der Waals surface area contributed by atoms with Gasteiger partial charge in [-0.05, 0) is 92.4 Å². The fourth-order valence-electron chi connectivity index (χ4n) is 9.32. The van der Waals surface area contributed by atoms with Crippen molar-refractivity contribution in [2.24, 2.45) is 44.5 Å². The van der Waals surface area contributed by atoms with E-state index in [-0.39, 0.29) is 29.4 Å². The number of hydrogen-bond acceptors (Lipinski definition) is 5. The van der Waals surface area contributed by atoms with Crippen LogP contribution in [-0.4, -0.2) is 41.0 Å². The van der Waals surface area contributed by atoms with Gasteiger partial charge >= 0.3 is 0 Å². The van der Waals surface area contributed by atoms with Gasteiger partial charge < -0.3 is 16.6 Å². The molecule has 5 N–H and O–H groups in total. The molecule has 5 rings (SSSR count). The Hall–Kier alpha value is -0.660. The average Bonchev–Trinajstić information content (AvgIpc) is 3.39. The first kappa shape index (κ1) is 25.0. The summed E-state index contributed by atoms with van der Waals surface area (Å²) in [6, 6.07) is 0.130. The Kier molecular flexibility index (Phi) is 7.11. The highest BCUT2D eigenvalue weighted by Crippen LogP contribution is 2.79. The van der Waals surface area contributed by atoms with Gasteiger partial charge in [-0.1, -0.05) is 46.9 Å². The number of carbonyl (C=O) groups is 1. The van der Waals surface area contributed by atoms with Crippen molar-refractivity contribution in [3.8, 4) is 0 Å². The van der Waals surface area contributed by atoms with Gasteiger partial charge in [-0.2, -0.15) is 0 Å². The maximum Gasteiger partial charge on any atom is 0.186 e. The fraction of sp³-hybridized carbons (Fsp3) is 0.852. The molecule has 5 unspecified atom stereocenters. The number of allylic oxidation sites excluding steroid dienone is 2. The van der Waals surface area contributed by atoms with Crippen LogP contribution >= 0.6 is 21.6 Å². The van der Waals surface area contributed by atoms with E-state index in [9.17, 15) is 9.90 Å². The van der Waals surface area contributed by atoms with Crippen molar-refractivity contribution in [2.75, 3.05) is 18.1 Å². The molecule has 0 saturated heterocycles. The summed E-state index contributed by atoms with van der Waals surface area (Å²) in [5.41, 5.74) is 14.8. The Bertz CT molecular complexity index is 864. The molecular formula is C27H43N3O2S2. The second-order valence-corrected chi connectivity index (χ2v) is 14.6. The Morgan fingerprint density at radius 1 is 1.18 bits per heavy atom. The minimum Gasteiger partial charge on any atom is -0.396 e. The molecule has 5 nitrogen and oxygen atoms in total. The topological polar surface area (TPSA) is 102 Å². The second-order valence-electron chi connectivity index (χ2n) is 12.0. The number of aliphatic imine (C=N–C) groups is 1. The summed E-state index contributed by atoms with van der Waals surface area (Å²) in [7, 11) is 3.89. The molecule has 3 saturated carbocycles. The Balaban J connectivity index is 1.56. The molecule has 0 radical (unpaired) electrons. The monoisotopic (exact) mass is 505 g/mol. The molecule has 1 aliphatic heterocycles. The molecule has 3 fully saturated rings. The lowest BCUT2D eigenvalue weighted by Crippen LogP contribution is -2.55. The number of Topliss-reactive ketones (excluding diaryl/α,β-unsaturated/α-hetero) is 1. The van der Waals surface area contributed by atoms with Crippen LogP contribution in [0, 0.1) is 28.1 Å². The first-order valence-electron chi connectivity index (χ1n) is 13.6. The molecule has 2 spiro atoms. The van der Waals surface area contributed by atoms with E-state index < -0.39 is 0 Å². The molecule has 4 aliphatic carbocycles. The average molecular weight is 506 g/mol. The molecule has 1 heterocycles. The number of hydrogen-bond donors (Lipinski definition) is 3. The normalized spacial score (nSPS) is 39.6. The number of aliphatic hydroxyl groups is 1. The van der Waals surface area contributed by atoms with Crippen LogP contribution in [-0.2, 0) is 4.79 Å². The lowest BCUT2D eigenvalue weighted by atomic mass is 9.42. The first-order chi connectivity index (χ1) is 16.4. The largest absolute Gasteiger partial charge is 0.396 e. The van der Waals surface area contributed by atoms with Crippen molar-refractivity contribution in [1.82, 2.24) is 0 Å². The Labute approximate surface area is 213 Å². The molecule has 34 heavy (non-hydrogen) atoms. The predicted octanol–water partition coefficient (Wildman–Crippen LogP) is 5.22. The smallest absolute Gasteiger partial charge is 0.186 e. The number of rotatable bonds is 4. The molecule has 5 bridgehead atoms. The van der Waals surface area contributed by atoms with Crippen molar-refractivity contribution in [3.05, 3.63) is 11.1 Å². The molecular weight excluding hydrogens is 462 g/mol. The maximum absolute atomic E-state index is 13.8. The Morgan fingerprint density at radius 2 is 1.97 bits per heavy atom. The molecule has 0 aromatic carbocycles. The van der Waals surface area contributed by atoms with Gasteiger partial charge in [0, 0.05) is 29.9 Å². The summed E-state index contributed by atoms with van der Waals surface area (Å²) < 4.78 is 0. The minimum atomic E-state index is 0.0281. The summed E-state index contributed by atoms with van der Waals surface area (Å²) >= 11 is 0. The van der Waals surface area contributed by atoms with Gasteiger partial charge in [0.2, 0.25) is 0 Å². The molecule has 0 aromatic rings. The van der Waals surface area contributed by atoms with Gasteiger partial charge in [-0.25, -0.2) is 4.99 Å². The standard InChI is InChI=1S/C27H43N3O2S2/c1-25-11-13-33-34-17-19(30-24(28)29)6-4-7-20-21-14-18(25)15-26(9-2-3-10-26)23(8-5-12-31)27(21,25)16-22(20)32/h18-19,23,31H,2-17H2,1H3,(H4,28,29,30). The highest BCUT2D eigenvalue weighted by molar-refractivity contribution is 8.76. The maximum atomic E-state index is 13.8. The Morgan fingerprint density at radius 3 is 2.71 bits per heavy atom. The minimum absolute atomic E-state index is 0.0281. The summed E-state index contributed by atoms with van der Waals surface area (Å²) in [5, 5.41) is 9.84. The van der Waals surface area contributed by atoms with Crippen molar-refractivity contribution in [1.29, 1.82) is 0 Å². The third-order valence-electron chi connectivity index (χ3n) is 10.6. The van der Waals surface area contributed by atoms with Gasteiger partial charge in [0.25, 0.3) is 0 Å².